The van der Waals surface area contributed by atoms with Crippen molar-refractivity contribution in [3.63, 3.8) is 0 Å². The van der Waals surface area contributed by atoms with Crippen molar-refractivity contribution >= 4 is 17.7 Å². The number of thioether (sulfide) groups is 1. The number of ether oxygens (including phenoxy) is 1. The average Bonchev–Trinajstić information content (AvgIpc) is 2.41. The van der Waals surface area contributed by atoms with E-state index in [-0.39, 0.29) is 4.75 Å². The largest absolute Gasteiger partial charge is 0.381 e. The molecular formula is C14H31N3OS. The Hall–Kier alpha value is -0.420. The van der Waals surface area contributed by atoms with Crippen molar-refractivity contribution in [1.82, 2.24) is 10.6 Å². The van der Waals surface area contributed by atoms with Gasteiger partial charge < -0.3 is 15.4 Å². The Balaban J connectivity index is 3.61. The topological polar surface area (TPSA) is 45.6 Å². The maximum atomic E-state index is 5.52. The van der Waals surface area contributed by atoms with Crippen molar-refractivity contribution in [2.75, 3.05) is 39.6 Å². The monoisotopic (exact) mass is 289 g/mol. The molecule has 0 aromatic heterocycles. The van der Waals surface area contributed by atoms with E-state index in [4.69, 9.17) is 4.74 Å². The zero-order valence-electron chi connectivity index (χ0n) is 13.2. The number of guanidine groups is 1. The predicted octanol–water partition coefficient (Wildman–Crippen LogP) is 2.50. The minimum Gasteiger partial charge on any atom is -0.381 e. The van der Waals surface area contributed by atoms with Gasteiger partial charge in [-0.3, -0.25) is 4.99 Å². The molecule has 0 radical (unpaired) electrons. The molecule has 0 saturated carbocycles. The highest BCUT2D eigenvalue weighted by molar-refractivity contribution is 7.99. The SMILES string of the molecule is CCCCOCCCNC(=NC)NCC(C)(C)SC. The molecule has 114 valence electrons. The maximum Gasteiger partial charge on any atom is 0.191 e. The third-order valence-corrected chi connectivity index (χ3v) is 4.11. The van der Waals surface area contributed by atoms with Gasteiger partial charge in [0.1, 0.15) is 0 Å². The molecule has 0 atom stereocenters. The van der Waals surface area contributed by atoms with Crippen LogP contribution in [-0.2, 0) is 4.74 Å². The minimum atomic E-state index is 0.223. The van der Waals surface area contributed by atoms with Gasteiger partial charge in [-0.15, -0.1) is 0 Å². The fourth-order valence-electron chi connectivity index (χ4n) is 1.32. The first kappa shape index (κ1) is 18.6. The molecule has 5 heteroatoms. The van der Waals surface area contributed by atoms with Crippen LogP contribution >= 0.6 is 11.8 Å². The number of unbranched alkanes of at least 4 members (excludes halogenated alkanes) is 1. The lowest BCUT2D eigenvalue weighted by Gasteiger charge is -2.23. The molecule has 0 aliphatic heterocycles. The van der Waals surface area contributed by atoms with Gasteiger partial charge in [-0.1, -0.05) is 13.3 Å². The van der Waals surface area contributed by atoms with Crippen molar-refractivity contribution in [1.29, 1.82) is 0 Å². The van der Waals surface area contributed by atoms with Crippen LogP contribution in [0, 0.1) is 0 Å². The van der Waals surface area contributed by atoms with E-state index in [1.807, 2.05) is 11.8 Å². The molecule has 0 unspecified atom stereocenters. The van der Waals surface area contributed by atoms with E-state index in [1.54, 1.807) is 7.05 Å². The lowest BCUT2D eigenvalue weighted by atomic mass is 10.2. The molecule has 0 heterocycles. The molecule has 4 nitrogen and oxygen atoms in total. The summed E-state index contributed by atoms with van der Waals surface area (Å²) in [6, 6.07) is 0. The molecule has 0 aliphatic rings. The molecule has 0 fully saturated rings. The Bertz CT molecular complexity index is 245. The van der Waals surface area contributed by atoms with E-state index in [9.17, 15) is 0 Å². The molecular weight excluding hydrogens is 258 g/mol. The quantitative estimate of drug-likeness (QED) is 0.368. The van der Waals surface area contributed by atoms with Crippen molar-refractivity contribution in [3.05, 3.63) is 0 Å². The van der Waals surface area contributed by atoms with Crippen LogP contribution in [0.4, 0.5) is 0 Å². The summed E-state index contributed by atoms with van der Waals surface area (Å²) < 4.78 is 5.74. The normalized spacial score (nSPS) is 12.6. The molecule has 0 rings (SSSR count). The van der Waals surface area contributed by atoms with Gasteiger partial charge in [0.2, 0.25) is 0 Å². The van der Waals surface area contributed by atoms with E-state index < -0.39 is 0 Å². The summed E-state index contributed by atoms with van der Waals surface area (Å²) in [6.45, 7) is 10.1. The van der Waals surface area contributed by atoms with Crippen LogP contribution in [0.3, 0.4) is 0 Å². The van der Waals surface area contributed by atoms with E-state index >= 15 is 0 Å². The summed E-state index contributed by atoms with van der Waals surface area (Å²) in [5.41, 5.74) is 0. The van der Waals surface area contributed by atoms with Gasteiger partial charge in [0, 0.05) is 38.1 Å². The summed E-state index contributed by atoms with van der Waals surface area (Å²) in [5, 5.41) is 6.66. The van der Waals surface area contributed by atoms with Crippen LogP contribution in [0.5, 0.6) is 0 Å². The van der Waals surface area contributed by atoms with E-state index in [1.165, 1.54) is 6.42 Å². The van der Waals surface area contributed by atoms with Crippen molar-refractivity contribution in [2.24, 2.45) is 4.99 Å². The van der Waals surface area contributed by atoms with E-state index in [0.717, 1.165) is 45.1 Å². The molecule has 19 heavy (non-hydrogen) atoms. The molecule has 0 aromatic carbocycles. The molecule has 0 spiro atoms. The van der Waals surface area contributed by atoms with Gasteiger partial charge in [0.15, 0.2) is 5.96 Å². The second kappa shape index (κ2) is 11.4. The van der Waals surface area contributed by atoms with E-state index in [2.05, 4.69) is 42.7 Å². The van der Waals surface area contributed by atoms with Gasteiger partial charge in [-0.2, -0.15) is 11.8 Å². The first-order valence-electron chi connectivity index (χ1n) is 7.13. The smallest absolute Gasteiger partial charge is 0.191 e. The molecule has 0 aromatic rings. The second-order valence-corrected chi connectivity index (χ2v) is 6.65. The standard InChI is InChI=1S/C14H31N3OS/c1-6-7-10-18-11-8-9-16-13(15-4)17-12-14(2,3)19-5/h6-12H2,1-5H3,(H2,15,16,17). The summed E-state index contributed by atoms with van der Waals surface area (Å²) >= 11 is 1.85. The summed E-state index contributed by atoms with van der Waals surface area (Å²) in [7, 11) is 1.80. The van der Waals surface area contributed by atoms with Gasteiger partial charge in [0.25, 0.3) is 0 Å². The number of aliphatic imine (C=N–C) groups is 1. The molecule has 2 N–H and O–H groups in total. The first-order chi connectivity index (χ1) is 9.05. The van der Waals surface area contributed by atoms with Gasteiger partial charge >= 0.3 is 0 Å². The van der Waals surface area contributed by atoms with Gasteiger partial charge in [-0.05, 0) is 32.9 Å². The summed E-state index contributed by atoms with van der Waals surface area (Å²) in [4.78, 5) is 4.22. The Morgan fingerprint density at radius 1 is 1.21 bits per heavy atom. The second-order valence-electron chi connectivity index (χ2n) is 5.14. The average molecular weight is 289 g/mol. The third-order valence-electron chi connectivity index (χ3n) is 2.86. The van der Waals surface area contributed by atoms with Crippen LogP contribution in [0.15, 0.2) is 4.99 Å². The van der Waals surface area contributed by atoms with Gasteiger partial charge in [0.05, 0.1) is 0 Å². The lowest BCUT2D eigenvalue weighted by molar-refractivity contribution is 0.129. The predicted molar refractivity (Wildman–Crippen MR) is 87.3 cm³/mol. The molecule has 0 amide bonds. The fourth-order valence-corrected chi connectivity index (χ4v) is 1.54. The highest BCUT2D eigenvalue weighted by Gasteiger charge is 2.15. The van der Waals surface area contributed by atoms with Crippen LogP contribution in [0.1, 0.15) is 40.0 Å². The zero-order valence-corrected chi connectivity index (χ0v) is 14.0. The Morgan fingerprint density at radius 3 is 2.47 bits per heavy atom. The highest BCUT2D eigenvalue weighted by atomic mass is 32.2. The number of nitrogens with zero attached hydrogens (tertiary/aromatic N) is 1. The number of hydrogen-bond acceptors (Lipinski definition) is 3. The number of hydrogen-bond donors (Lipinski definition) is 2. The fraction of sp³-hybridized carbons (Fsp3) is 0.929. The maximum absolute atomic E-state index is 5.52. The summed E-state index contributed by atoms with van der Waals surface area (Å²) in [5.74, 6) is 0.871. The minimum absolute atomic E-state index is 0.223. The van der Waals surface area contributed by atoms with Crippen LogP contribution < -0.4 is 10.6 Å². The van der Waals surface area contributed by atoms with E-state index in [0.29, 0.717) is 0 Å². The van der Waals surface area contributed by atoms with Crippen molar-refractivity contribution < 1.29 is 4.74 Å². The molecule has 0 saturated heterocycles. The first-order valence-corrected chi connectivity index (χ1v) is 8.35. The molecule has 0 aliphatic carbocycles. The Kier molecular flexibility index (Phi) is 11.2. The third kappa shape index (κ3) is 11.1. The lowest BCUT2D eigenvalue weighted by Crippen LogP contribution is -2.43. The Morgan fingerprint density at radius 2 is 1.89 bits per heavy atom. The van der Waals surface area contributed by atoms with Crippen LogP contribution in [0.25, 0.3) is 0 Å². The highest BCUT2D eigenvalue weighted by Crippen LogP contribution is 2.19. The Labute approximate surface area is 123 Å². The van der Waals surface area contributed by atoms with Gasteiger partial charge in [-0.25, -0.2) is 0 Å². The summed E-state index contributed by atoms with van der Waals surface area (Å²) in [6.07, 6.45) is 5.49. The zero-order chi connectivity index (χ0) is 14.6. The molecule has 0 bridgehead atoms. The van der Waals surface area contributed by atoms with Crippen molar-refractivity contribution in [3.8, 4) is 0 Å². The number of nitrogens with one attached hydrogen (secondary N) is 2. The van der Waals surface area contributed by atoms with Crippen LogP contribution in [0.2, 0.25) is 0 Å². The van der Waals surface area contributed by atoms with Crippen molar-refractivity contribution in [2.45, 2.75) is 44.8 Å². The number of rotatable bonds is 10. The van der Waals surface area contributed by atoms with Crippen LogP contribution in [-0.4, -0.2) is 50.3 Å².